The molecule has 8 nitrogen and oxygen atoms in total. The minimum atomic E-state index is -4.54. The molecule has 2 heterocycles. The van der Waals surface area contributed by atoms with Crippen LogP contribution in [-0.2, 0) is 38.6 Å². The Morgan fingerprint density at radius 1 is 0.577 bits per heavy atom. The van der Waals surface area contributed by atoms with Crippen LogP contribution < -0.4 is 18.9 Å². The van der Waals surface area contributed by atoms with Gasteiger partial charge in [-0.15, -0.1) is 23.5 Å². The number of carbonyl (C=O) groups excluding carboxylic acids is 2. The summed E-state index contributed by atoms with van der Waals surface area (Å²) in [5.74, 6) is 1.08. The Labute approximate surface area is 309 Å². The maximum absolute atomic E-state index is 14.9. The molecule has 0 spiro atoms. The Hall–Kier alpha value is -4.49. The van der Waals surface area contributed by atoms with Crippen LogP contribution in [0, 0.1) is 0 Å². The highest BCUT2D eigenvalue weighted by molar-refractivity contribution is 8.06. The van der Waals surface area contributed by atoms with Crippen LogP contribution in [0.1, 0.15) is 41.7 Å². The zero-order chi connectivity index (χ0) is 37.4. The molecule has 274 valence electrons. The Morgan fingerprint density at radius 3 is 1.29 bits per heavy atom. The average molecular weight is 753 g/mol. The summed E-state index contributed by atoms with van der Waals surface area (Å²) in [4.78, 5) is 30.0. The molecule has 2 fully saturated rings. The van der Waals surface area contributed by atoms with E-state index in [0.717, 1.165) is 17.7 Å². The van der Waals surface area contributed by atoms with Crippen LogP contribution in [0.4, 0.5) is 13.2 Å². The highest BCUT2D eigenvalue weighted by Gasteiger charge is 2.73. The molecule has 0 bridgehead atoms. The Kier molecular flexibility index (Phi) is 10.4. The molecule has 52 heavy (non-hydrogen) atoms. The van der Waals surface area contributed by atoms with Gasteiger partial charge in [0.1, 0.15) is 23.0 Å². The van der Waals surface area contributed by atoms with Crippen LogP contribution in [-0.4, -0.2) is 60.6 Å². The second-order valence-electron chi connectivity index (χ2n) is 12.4. The SMILES string of the molecule is COc1cccc(OC)c1C1(C2(c3c(OC)cccc3OC)SC(C)C(=O)N2Cc2ccc(C(F)(F)F)cc2)SC(C)C(=O)N1Cc1ccccc1. The Bertz CT molecular complexity index is 1900. The molecule has 4 atom stereocenters. The maximum atomic E-state index is 14.9. The van der Waals surface area contributed by atoms with E-state index in [2.05, 4.69) is 0 Å². The molecule has 0 aliphatic carbocycles. The summed E-state index contributed by atoms with van der Waals surface area (Å²) < 4.78 is 65.3. The highest BCUT2D eigenvalue weighted by atomic mass is 32.2. The van der Waals surface area contributed by atoms with Crippen molar-refractivity contribution in [3.05, 3.63) is 119 Å². The second kappa shape index (κ2) is 14.5. The molecule has 4 aromatic rings. The molecule has 13 heteroatoms. The van der Waals surface area contributed by atoms with Gasteiger partial charge in [-0.25, -0.2) is 0 Å². The number of carbonyl (C=O) groups is 2. The smallest absolute Gasteiger partial charge is 0.416 e. The molecular formula is C39H39F3N2O6S2. The lowest BCUT2D eigenvalue weighted by Crippen LogP contribution is -2.61. The predicted molar refractivity (Wildman–Crippen MR) is 196 cm³/mol. The van der Waals surface area contributed by atoms with Crippen LogP contribution in [0.3, 0.4) is 0 Å². The molecule has 6 rings (SSSR count). The number of amides is 2. The Morgan fingerprint density at radius 2 is 0.942 bits per heavy atom. The topological polar surface area (TPSA) is 77.5 Å². The van der Waals surface area contributed by atoms with Crippen molar-refractivity contribution in [2.24, 2.45) is 0 Å². The lowest BCUT2D eigenvalue weighted by molar-refractivity contribution is -0.142. The summed E-state index contributed by atoms with van der Waals surface area (Å²) >= 11 is 2.68. The van der Waals surface area contributed by atoms with E-state index in [1.165, 1.54) is 64.1 Å². The number of hydrogen-bond acceptors (Lipinski definition) is 8. The number of alkyl halides is 3. The largest absolute Gasteiger partial charge is 0.496 e. The van der Waals surface area contributed by atoms with Gasteiger partial charge in [-0.05, 0) is 61.4 Å². The third kappa shape index (κ3) is 6.01. The summed E-state index contributed by atoms with van der Waals surface area (Å²) in [6.07, 6.45) is -4.54. The molecule has 2 aliphatic heterocycles. The lowest BCUT2D eigenvalue weighted by atomic mass is 9.85. The monoisotopic (exact) mass is 752 g/mol. The molecule has 4 aromatic carbocycles. The van der Waals surface area contributed by atoms with Gasteiger partial charge in [0.2, 0.25) is 11.8 Å². The minimum Gasteiger partial charge on any atom is -0.496 e. The van der Waals surface area contributed by atoms with Crippen molar-refractivity contribution < 1.29 is 41.7 Å². The van der Waals surface area contributed by atoms with Crippen molar-refractivity contribution in [2.75, 3.05) is 28.4 Å². The number of methoxy groups -OCH3 is 4. The van der Waals surface area contributed by atoms with Gasteiger partial charge < -0.3 is 28.7 Å². The van der Waals surface area contributed by atoms with E-state index in [1.54, 1.807) is 53.1 Å². The predicted octanol–water partition coefficient (Wildman–Crippen LogP) is 8.07. The summed E-state index contributed by atoms with van der Waals surface area (Å²) in [6, 6.07) is 25.0. The minimum absolute atomic E-state index is 0.114. The van der Waals surface area contributed by atoms with Gasteiger partial charge in [0.25, 0.3) is 0 Å². The zero-order valence-electron chi connectivity index (χ0n) is 29.5. The lowest BCUT2D eigenvalue weighted by Gasteiger charge is -2.54. The molecule has 2 saturated heterocycles. The normalized spacial score (nSPS) is 23.2. The van der Waals surface area contributed by atoms with E-state index in [0.29, 0.717) is 39.7 Å². The maximum Gasteiger partial charge on any atom is 0.416 e. The Balaban J connectivity index is 1.78. The quantitative estimate of drug-likeness (QED) is 0.152. The van der Waals surface area contributed by atoms with E-state index in [-0.39, 0.29) is 24.9 Å². The molecule has 0 radical (unpaired) electrons. The molecule has 2 amide bonds. The molecule has 0 saturated carbocycles. The molecule has 2 aliphatic rings. The van der Waals surface area contributed by atoms with Gasteiger partial charge in [0.15, 0.2) is 9.74 Å². The van der Waals surface area contributed by atoms with Crippen molar-refractivity contribution in [2.45, 2.75) is 53.4 Å². The third-order valence-electron chi connectivity index (χ3n) is 9.48. The molecule has 4 unspecified atom stereocenters. The van der Waals surface area contributed by atoms with E-state index in [9.17, 15) is 22.8 Å². The molecule has 0 aromatic heterocycles. The van der Waals surface area contributed by atoms with Gasteiger partial charge in [-0.3, -0.25) is 9.59 Å². The fraction of sp³-hybridized carbons (Fsp3) is 0.333. The number of nitrogens with zero attached hydrogens (tertiary/aromatic N) is 2. The molecular weight excluding hydrogens is 714 g/mol. The average Bonchev–Trinajstić information content (AvgIpc) is 3.55. The van der Waals surface area contributed by atoms with Gasteiger partial charge >= 0.3 is 6.18 Å². The highest BCUT2D eigenvalue weighted by Crippen LogP contribution is 2.72. The number of halogens is 3. The second-order valence-corrected chi connectivity index (χ2v) is 15.5. The van der Waals surface area contributed by atoms with Gasteiger partial charge in [-0.1, -0.05) is 54.6 Å². The first kappa shape index (κ1) is 37.3. The van der Waals surface area contributed by atoms with Gasteiger partial charge in [0, 0.05) is 13.1 Å². The van der Waals surface area contributed by atoms with Crippen molar-refractivity contribution in [1.82, 2.24) is 9.80 Å². The number of thioether (sulfide) groups is 2. The van der Waals surface area contributed by atoms with Crippen LogP contribution in [0.15, 0.2) is 91.0 Å². The van der Waals surface area contributed by atoms with Crippen molar-refractivity contribution in [1.29, 1.82) is 0 Å². The van der Waals surface area contributed by atoms with E-state index in [4.69, 9.17) is 18.9 Å². The van der Waals surface area contributed by atoms with Crippen LogP contribution in [0.5, 0.6) is 23.0 Å². The van der Waals surface area contributed by atoms with Crippen molar-refractivity contribution >= 4 is 35.3 Å². The number of benzene rings is 4. The van der Waals surface area contributed by atoms with Crippen LogP contribution >= 0.6 is 23.5 Å². The first-order chi connectivity index (χ1) is 24.9. The summed E-state index contributed by atoms with van der Waals surface area (Å²) in [7, 11) is 6.10. The van der Waals surface area contributed by atoms with Crippen molar-refractivity contribution in [3.63, 3.8) is 0 Å². The molecule has 0 N–H and O–H groups in total. The first-order valence-corrected chi connectivity index (χ1v) is 18.2. The number of rotatable bonds is 11. The van der Waals surface area contributed by atoms with E-state index >= 15 is 0 Å². The van der Waals surface area contributed by atoms with Gasteiger partial charge in [0.05, 0.1) is 55.6 Å². The van der Waals surface area contributed by atoms with Gasteiger partial charge in [-0.2, -0.15) is 13.2 Å². The third-order valence-corrected chi connectivity index (χ3v) is 12.8. The summed E-state index contributed by atoms with van der Waals surface area (Å²) in [5.41, 5.74) is 1.45. The summed E-state index contributed by atoms with van der Waals surface area (Å²) in [6.45, 7) is 3.63. The van der Waals surface area contributed by atoms with E-state index in [1.807, 2.05) is 37.3 Å². The fourth-order valence-corrected chi connectivity index (χ4v) is 11.0. The first-order valence-electron chi connectivity index (χ1n) is 16.5. The summed E-state index contributed by atoms with van der Waals surface area (Å²) in [5, 5.41) is -1.32. The fourth-order valence-electron chi connectivity index (χ4n) is 7.24. The van der Waals surface area contributed by atoms with Crippen LogP contribution in [0.25, 0.3) is 0 Å². The van der Waals surface area contributed by atoms with E-state index < -0.39 is 32.0 Å². The number of hydrogen-bond donors (Lipinski definition) is 0. The zero-order valence-corrected chi connectivity index (χ0v) is 31.2. The van der Waals surface area contributed by atoms with Crippen LogP contribution in [0.2, 0.25) is 0 Å². The number of ether oxygens (including phenoxy) is 4. The standard InChI is InChI=1S/C39H39F3N2O6S2/c1-24-35(45)43(22-26-12-8-7-9-13-26)37(51-24,33-29(47-3)14-10-15-30(33)48-4)38(34-31(49-5)16-11-17-32(34)50-6)44(36(46)25(2)52-38)23-27-18-20-28(21-19-27)39(40,41)42/h7-21,24-25H,22-23H2,1-6H3. The van der Waals surface area contributed by atoms with Crippen molar-refractivity contribution in [3.8, 4) is 23.0 Å².